The number of hydrogen-bond donors (Lipinski definition) is 1. The molecule has 2 rings (SSSR count). The van der Waals surface area contributed by atoms with Gasteiger partial charge in [-0.1, -0.05) is 49.6 Å². The zero-order chi connectivity index (χ0) is 15.5. The van der Waals surface area contributed by atoms with Gasteiger partial charge in [-0.3, -0.25) is 0 Å². The topological polar surface area (TPSA) is 57.6 Å². The van der Waals surface area contributed by atoms with Gasteiger partial charge in [0.1, 0.15) is 0 Å². The highest BCUT2D eigenvalue weighted by Gasteiger charge is 2.33. The Morgan fingerprint density at radius 3 is 2.52 bits per heavy atom. The van der Waals surface area contributed by atoms with Crippen molar-refractivity contribution in [1.82, 2.24) is 4.31 Å². The Morgan fingerprint density at radius 1 is 1.24 bits per heavy atom. The predicted molar refractivity (Wildman–Crippen MR) is 83.5 cm³/mol. The molecule has 1 heterocycles. The normalized spacial score (nSPS) is 23.4. The lowest BCUT2D eigenvalue weighted by atomic mass is 10.1. The molecule has 1 aliphatic rings. The maximum absolute atomic E-state index is 12.8. The summed E-state index contributed by atoms with van der Waals surface area (Å²) in [6.45, 7) is 4.13. The molecule has 0 saturated carbocycles. The lowest BCUT2D eigenvalue weighted by Gasteiger charge is -2.33. The summed E-state index contributed by atoms with van der Waals surface area (Å²) in [6, 6.07) is 6.69. The van der Waals surface area contributed by atoms with Gasteiger partial charge in [0.25, 0.3) is 0 Å². The van der Waals surface area contributed by atoms with Gasteiger partial charge in [0.15, 0.2) is 0 Å². The third kappa shape index (κ3) is 3.73. The highest BCUT2D eigenvalue weighted by Crippen LogP contribution is 2.25. The van der Waals surface area contributed by atoms with Gasteiger partial charge in [0.05, 0.1) is 11.0 Å². The van der Waals surface area contributed by atoms with Crippen molar-refractivity contribution in [2.24, 2.45) is 0 Å². The van der Waals surface area contributed by atoms with Crippen LogP contribution in [-0.2, 0) is 10.0 Å². The Labute approximate surface area is 127 Å². The van der Waals surface area contributed by atoms with Crippen molar-refractivity contribution in [3.8, 4) is 0 Å². The molecule has 0 spiro atoms. The van der Waals surface area contributed by atoms with Crippen LogP contribution in [0.2, 0.25) is 0 Å². The molecule has 0 radical (unpaired) electrons. The van der Waals surface area contributed by atoms with Gasteiger partial charge in [-0.2, -0.15) is 4.31 Å². The molecule has 0 saturated heterocycles. The average Bonchev–Trinajstić information content (AvgIpc) is 2.46. The van der Waals surface area contributed by atoms with E-state index in [1.54, 1.807) is 30.3 Å². The summed E-state index contributed by atoms with van der Waals surface area (Å²) in [7, 11) is -3.57. The first-order valence-electron chi connectivity index (χ1n) is 7.40. The number of aliphatic hydroxyl groups is 1. The molecule has 0 amide bonds. The highest BCUT2D eigenvalue weighted by molar-refractivity contribution is 7.89. The molecular weight excluding hydrogens is 286 g/mol. The molecule has 0 unspecified atom stereocenters. The van der Waals surface area contributed by atoms with E-state index in [-0.39, 0.29) is 17.5 Å². The maximum Gasteiger partial charge on any atom is 0.243 e. The van der Waals surface area contributed by atoms with Crippen molar-refractivity contribution in [1.29, 1.82) is 0 Å². The quantitative estimate of drug-likeness (QED) is 0.850. The van der Waals surface area contributed by atoms with E-state index in [4.69, 9.17) is 0 Å². The van der Waals surface area contributed by atoms with Crippen LogP contribution in [-0.4, -0.2) is 36.5 Å². The number of benzene rings is 1. The van der Waals surface area contributed by atoms with E-state index in [1.165, 1.54) is 4.31 Å². The summed E-state index contributed by atoms with van der Waals surface area (Å²) in [4.78, 5) is 0.289. The number of unbranched alkanes of at least 4 members (excludes halogenated alkanes) is 1. The van der Waals surface area contributed by atoms with Gasteiger partial charge >= 0.3 is 0 Å². The second-order valence-electron chi connectivity index (χ2n) is 5.55. The highest BCUT2D eigenvalue weighted by atomic mass is 32.2. The summed E-state index contributed by atoms with van der Waals surface area (Å²) >= 11 is 0. The third-order valence-corrected chi connectivity index (χ3v) is 5.68. The average molecular weight is 309 g/mol. The fourth-order valence-electron chi connectivity index (χ4n) is 2.51. The molecule has 1 N–H and O–H groups in total. The van der Waals surface area contributed by atoms with Crippen LogP contribution >= 0.6 is 0 Å². The smallest absolute Gasteiger partial charge is 0.243 e. The minimum atomic E-state index is -3.57. The lowest BCUT2D eigenvalue weighted by molar-refractivity contribution is 0.163. The molecule has 5 heteroatoms. The van der Waals surface area contributed by atoms with Gasteiger partial charge in [-0.25, -0.2) is 8.42 Å². The van der Waals surface area contributed by atoms with E-state index in [9.17, 15) is 13.5 Å². The SMILES string of the molecule is CCCC[C@H]1C=C[C@H](O)CN1S(=O)(=O)c1ccc(C)cc1. The standard InChI is InChI=1S/C16H23NO3S/c1-3-4-5-14-8-9-15(18)12-17(14)21(19,20)16-10-6-13(2)7-11-16/h6-11,14-15,18H,3-5,12H2,1-2H3/t14-,15-/m0/s1. The van der Waals surface area contributed by atoms with E-state index in [1.807, 2.05) is 13.0 Å². The molecule has 0 fully saturated rings. The van der Waals surface area contributed by atoms with Crippen LogP contribution in [0.5, 0.6) is 0 Å². The van der Waals surface area contributed by atoms with Gasteiger partial charge < -0.3 is 5.11 Å². The van der Waals surface area contributed by atoms with Crippen LogP contribution < -0.4 is 0 Å². The van der Waals surface area contributed by atoms with E-state index in [2.05, 4.69) is 6.92 Å². The van der Waals surface area contributed by atoms with Gasteiger partial charge in [-0.15, -0.1) is 0 Å². The minimum Gasteiger partial charge on any atom is -0.388 e. The first-order valence-corrected chi connectivity index (χ1v) is 8.84. The van der Waals surface area contributed by atoms with E-state index < -0.39 is 16.1 Å². The fraction of sp³-hybridized carbons (Fsp3) is 0.500. The van der Waals surface area contributed by atoms with Crippen molar-refractivity contribution in [2.75, 3.05) is 6.54 Å². The van der Waals surface area contributed by atoms with E-state index in [0.717, 1.165) is 24.8 Å². The van der Waals surface area contributed by atoms with Gasteiger partial charge in [-0.05, 0) is 25.5 Å². The number of aryl methyl sites for hydroxylation is 1. The molecule has 116 valence electrons. The number of sulfonamides is 1. The summed E-state index contributed by atoms with van der Waals surface area (Å²) in [5.74, 6) is 0. The molecular formula is C16H23NO3S. The number of β-amino-alcohol motifs (C(OH)–C–C–N with tert-alkyl or cyclic N) is 1. The molecule has 1 aromatic carbocycles. The van der Waals surface area contributed by atoms with Crippen LogP contribution in [0.1, 0.15) is 31.7 Å². The number of hydrogen-bond acceptors (Lipinski definition) is 3. The molecule has 2 atom stereocenters. The van der Waals surface area contributed by atoms with Crippen molar-refractivity contribution < 1.29 is 13.5 Å². The molecule has 0 aliphatic carbocycles. The molecule has 0 bridgehead atoms. The van der Waals surface area contributed by atoms with E-state index >= 15 is 0 Å². The minimum absolute atomic E-state index is 0.126. The zero-order valence-corrected chi connectivity index (χ0v) is 13.4. The van der Waals surface area contributed by atoms with Crippen LogP contribution in [0.25, 0.3) is 0 Å². The Balaban J connectivity index is 2.31. The monoisotopic (exact) mass is 309 g/mol. The second kappa shape index (κ2) is 6.73. The predicted octanol–water partition coefficient (Wildman–Crippen LogP) is 2.48. The number of rotatable bonds is 5. The second-order valence-corrected chi connectivity index (χ2v) is 7.44. The lowest BCUT2D eigenvalue weighted by Crippen LogP contribution is -2.46. The Morgan fingerprint density at radius 2 is 1.90 bits per heavy atom. The van der Waals surface area contributed by atoms with Crippen LogP contribution in [0.15, 0.2) is 41.3 Å². The Kier molecular flexibility index (Phi) is 5.19. The van der Waals surface area contributed by atoms with Gasteiger partial charge in [0, 0.05) is 12.6 Å². The Hall–Kier alpha value is -1.17. The molecule has 1 aromatic rings. The fourth-order valence-corrected chi connectivity index (χ4v) is 4.14. The van der Waals surface area contributed by atoms with Crippen molar-refractivity contribution in [3.05, 3.63) is 42.0 Å². The van der Waals surface area contributed by atoms with Crippen molar-refractivity contribution in [2.45, 2.75) is 50.2 Å². The van der Waals surface area contributed by atoms with Crippen LogP contribution in [0, 0.1) is 6.92 Å². The molecule has 1 aliphatic heterocycles. The summed E-state index contributed by atoms with van der Waals surface area (Å²) < 4.78 is 27.0. The van der Waals surface area contributed by atoms with Crippen molar-refractivity contribution >= 4 is 10.0 Å². The maximum atomic E-state index is 12.8. The van der Waals surface area contributed by atoms with Crippen LogP contribution in [0.4, 0.5) is 0 Å². The summed E-state index contributed by atoms with van der Waals surface area (Å²) in [6.07, 6.45) is 5.54. The number of nitrogens with zero attached hydrogens (tertiary/aromatic N) is 1. The summed E-state index contributed by atoms with van der Waals surface area (Å²) in [5.41, 5.74) is 1.02. The zero-order valence-electron chi connectivity index (χ0n) is 12.6. The van der Waals surface area contributed by atoms with Crippen LogP contribution in [0.3, 0.4) is 0 Å². The number of aliphatic hydroxyl groups excluding tert-OH is 1. The third-order valence-electron chi connectivity index (χ3n) is 3.77. The summed E-state index contributed by atoms with van der Waals surface area (Å²) in [5, 5.41) is 9.78. The largest absolute Gasteiger partial charge is 0.388 e. The van der Waals surface area contributed by atoms with Gasteiger partial charge in [0.2, 0.25) is 10.0 Å². The molecule has 4 nitrogen and oxygen atoms in total. The first kappa shape index (κ1) is 16.2. The molecule has 21 heavy (non-hydrogen) atoms. The first-order chi connectivity index (χ1) is 9.95. The van der Waals surface area contributed by atoms with Crippen molar-refractivity contribution in [3.63, 3.8) is 0 Å². The molecule has 0 aromatic heterocycles. The Bertz CT molecular complexity index is 592. The van der Waals surface area contributed by atoms with E-state index in [0.29, 0.717) is 0 Å².